The molecule has 1 atom stereocenters. The van der Waals surface area contributed by atoms with Crippen molar-refractivity contribution in [2.75, 3.05) is 26.1 Å². The monoisotopic (exact) mass is 393 g/mol. The second kappa shape index (κ2) is 7.43. The van der Waals surface area contributed by atoms with Gasteiger partial charge in [0, 0.05) is 18.2 Å². The molecule has 5 rings (SSSR count). The van der Waals surface area contributed by atoms with Gasteiger partial charge in [0.15, 0.2) is 17.7 Å². The quantitative estimate of drug-likeness (QED) is 0.780. The van der Waals surface area contributed by atoms with Gasteiger partial charge in [0.1, 0.15) is 0 Å². The topological polar surface area (TPSA) is 56.3 Å². The summed E-state index contributed by atoms with van der Waals surface area (Å²) >= 11 is 0. The number of aromatic nitrogens is 2. The maximum atomic E-state index is 6.09. The highest BCUT2D eigenvalue weighted by Crippen LogP contribution is 2.43. The van der Waals surface area contributed by atoms with Gasteiger partial charge >= 0.3 is 5.88 Å². The molecule has 1 fully saturated rings. The minimum absolute atomic E-state index is 0.112. The molecule has 0 spiro atoms. The zero-order chi connectivity index (χ0) is 19.8. The first kappa shape index (κ1) is 18.6. The summed E-state index contributed by atoms with van der Waals surface area (Å²) in [5.74, 6) is 2.33. The van der Waals surface area contributed by atoms with Gasteiger partial charge < -0.3 is 10.1 Å². The molecule has 0 radical (unpaired) electrons. The lowest BCUT2D eigenvalue weighted by atomic mass is 9.89. The van der Waals surface area contributed by atoms with Crippen LogP contribution in [0, 0.1) is 5.92 Å². The second-order valence-electron chi connectivity index (χ2n) is 8.29. The van der Waals surface area contributed by atoms with E-state index in [0.29, 0.717) is 5.92 Å². The summed E-state index contributed by atoms with van der Waals surface area (Å²) in [7, 11) is 3.44. The molecule has 0 saturated heterocycles. The van der Waals surface area contributed by atoms with Crippen molar-refractivity contribution in [1.29, 1.82) is 0 Å². The molecule has 152 valence electrons. The Balaban J connectivity index is 1.66. The maximum Gasteiger partial charge on any atom is 0.335 e. The number of methoxy groups -OCH3 is 1. The van der Waals surface area contributed by atoms with Crippen molar-refractivity contribution in [3.8, 4) is 0 Å². The van der Waals surface area contributed by atoms with Gasteiger partial charge in [-0.3, -0.25) is 0 Å². The van der Waals surface area contributed by atoms with E-state index in [1.54, 1.807) is 14.2 Å². The molecule has 2 aliphatic carbocycles. The minimum atomic E-state index is 0.112. The van der Waals surface area contributed by atoms with Gasteiger partial charge in [-0.2, -0.15) is 9.94 Å². The van der Waals surface area contributed by atoms with Crippen LogP contribution in [0.5, 0.6) is 0 Å². The van der Waals surface area contributed by atoms with Gasteiger partial charge in [-0.05, 0) is 37.2 Å². The first-order chi connectivity index (χ1) is 14.3. The molecule has 0 amide bonds. The van der Waals surface area contributed by atoms with Crippen LogP contribution in [0.25, 0.3) is 11.9 Å². The van der Waals surface area contributed by atoms with Gasteiger partial charge in [0.25, 0.3) is 0 Å². The Morgan fingerprint density at radius 3 is 2.86 bits per heavy atom. The Labute approximate surface area is 171 Å². The predicted octanol–water partition coefficient (Wildman–Crippen LogP) is 2.85. The Bertz CT molecular complexity index is 1030. The van der Waals surface area contributed by atoms with Crippen molar-refractivity contribution in [2.45, 2.75) is 44.9 Å². The van der Waals surface area contributed by atoms with Crippen molar-refractivity contribution in [2.24, 2.45) is 5.92 Å². The standard InChI is InChI=1S/C23H29N4O2/c1-28-20-12-17-10-6-7-11-19(17)22-21-18(15-27(20,22)29-2)14-25-26-23(21)24-13-16-8-4-3-5-9-16/h7,11-12,14-16H,3-6,8-10,13H2,1-2H3,(H,24,26)/q+1. The highest BCUT2D eigenvalue weighted by atomic mass is 16.7. The van der Waals surface area contributed by atoms with Gasteiger partial charge in [-0.15, -0.1) is 5.10 Å². The number of hydrogen-bond acceptors (Lipinski definition) is 5. The number of nitrogens with one attached hydrogen (secondary N) is 1. The van der Waals surface area contributed by atoms with Crippen LogP contribution in [0.15, 0.2) is 41.5 Å². The fourth-order valence-corrected chi connectivity index (χ4v) is 5.15. The summed E-state index contributed by atoms with van der Waals surface area (Å²) in [4.78, 5) is 6.09. The number of rotatable bonds is 5. The summed E-state index contributed by atoms with van der Waals surface area (Å²) in [5, 5.41) is 14.5. The molecule has 1 saturated carbocycles. The van der Waals surface area contributed by atoms with Gasteiger partial charge in [-0.1, -0.05) is 36.1 Å². The Morgan fingerprint density at radius 2 is 2.07 bits per heavy atom. The van der Waals surface area contributed by atoms with Crippen molar-refractivity contribution >= 4 is 17.7 Å². The van der Waals surface area contributed by atoms with Crippen LogP contribution >= 0.6 is 0 Å². The van der Waals surface area contributed by atoms with E-state index in [4.69, 9.17) is 9.57 Å². The first-order valence-electron chi connectivity index (χ1n) is 10.7. The smallest absolute Gasteiger partial charge is 0.335 e. The third-order valence-corrected chi connectivity index (χ3v) is 6.64. The zero-order valence-corrected chi connectivity index (χ0v) is 17.3. The largest absolute Gasteiger partial charge is 0.452 e. The normalized spacial score (nSPS) is 25.7. The molecule has 3 heterocycles. The van der Waals surface area contributed by atoms with E-state index in [2.05, 4.69) is 39.9 Å². The van der Waals surface area contributed by atoms with Crippen LogP contribution in [0.4, 0.5) is 5.82 Å². The molecule has 2 aliphatic heterocycles. The highest BCUT2D eigenvalue weighted by Gasteiger charge is 2.49. The lowest BCUT2D eigenvalue weighted by Crippen LogP contribution is -2.42. The number of hydrogen-bond donors (Lipinski definition) is 1. The average Bonchev–Trinajstić information content (AvgIpc) is 3.14. The van der Waals surface area contributed by atoms with E-state index >= 15 is 0 Å². The van der Waals surface area contributed by atoms with Gasteiger partial charge in [0.05, 0.1) is 30.9 Å². The van der Waals surface area contributed by atoms with Crippen molar-refractivity contribution in [3.05, 3.63) is 51.9 Å². The second-order valence-corrected chi connectivity index (χ2v) is 8.29. The fourth-order valence-electron chi connectivity index (χ4n) is 5.15. The lowest BCUT2D eigenvalue weighted by molar-refractivity contribution is -0.962. The Hall–Kier alpha value is -2.44. The molecule has 0 aromatic carbocycles. The van der Waals surface area contributed by atoms with Crippen molar-refractivity contribution in [3.63, 3.8) is 0 Å². The molecule has 1 N–H and O–H groups in total. The molecule has 1 aromatic rings. The van der Waals surface area contributed by atoms with Crippen molar-refractivity contribution in [1.82, 2.24) is 10.2 Å². The molecule has 1 unspecified atom stereocenters. The van der Waals surface area contributed by atoms with Crippen LogP contribution in [0.1, 0.15) is 44.9 Å². The van der Waals surface area contributed by atoms with E-state index in [9.17, 15) is 0 Å². The van der Waals surface area contributed by atoms with Crippen LogP contribution in [0.2, 0.25) is 0 Å². The summed E-state index contributed by atoms with van der Waals surface area (Å²) in [6, 6.07) is 0. The summed E-state index contributed by atoms with van der Waals surface area (Å²) in [5.41, 5.74) is 3.58. The van der Waals surface area contributed by atoms with E-state index in [0.717, 1.165) is 47.2 Å². The molecule has 0 bridgehead atoms. The third kappa shape index (κ3) is 2.93. The molecule has 4 aliphatic rings. The summed E-state index contributed by atoms with van der Waals surface area (Å²) in [6.45, 7) is 0.945. The van der Waals surface area contributed by atoms with Crippen LogP contribution in [-0.2, 0) is 9.57 Å². The Kier molecular flexibility index (Phi) is 4.76. The zero-order valence-electron chi connectivity index (χ0n) is 17.3. The molecule has 6 nitrogen and oxygen atoms in total. The number of quaternary nitrogens is 1. The molecule has 1 aromatic heterocycles. The molecular weight excluding hydrogens is 364 g/mol. The predicted molar refractivity (Wildman–Crippen MR) is 112 cm³/mol. The van der Waals surface area contributed by atoms with E-state index in [1.165, 1.54) is 43.3 Å². The van der Waals surface area contributed by atoms with E-state index in [1.807, 2.05) is 6.20 Å². The molecule has 29 heavy (non-hydrogen) atoms. The number of anilines is 1. The highest BCUT2D eigenvalue weighted by molar-refractivity contribution is 5.74. The third-order valence-electron chi connectivity index (χ3n) is 6.64. The number of nitrogens with zero attached hydrogens (tertiary/aromatic N) is 3. The van der Waals surface area contributed by atoms with E-state index < -0.39 is 0 Å². The first-order valence-corrected chi connectivity index (χ1v) is 10.7. The number of hydroxylamine groups is 3. The molecule has 6 heteroatoms. The SMILES string of the molecule is COC1=CC2=C(C=CCC2)C2=c3c(NCC4CCCCC4)nncc3=C[N+]12OC. The minimum Gasteiger partial charge on any atom is -0.452 e. The van der Waals surface area contributed by atoms with Crippen molar-refractivity contribution < 1.29 is 14.2 Å². The van der Waals surface area contributed by atoms with Crippen LogP contribution in [0.3, 0.4) is 0 Å². The number of allylic oxidation sites excluding steroid dienone is 3. The molecular formula is C23H29N4O2+. The van der Waals surface area contributed by atoms with Gasteiger partial charge in [-0.25, -0.2) is 0 Å². The average molecular weight is 394 g/mol. The summed E-state index contributed by atoms with van der Waals surface area (Å²) in [6.07, 6.45) is 19.2. The lowest BCUT2D eigenvalue weighted by Gasteiger charge is -2.34. The number of ether oxygens (including phenoxy) is 1. The summed E-state index contributed by atoms with van der Waals surface area (Å²) < 4.78 is 5.92. The van der Waals surface area contributed by atoms with Gasteiger partial charge in [0.2, 0.25) is 0 Å². The van der Waals surface area contributed by atoms with E-state index in [-0.39, 0.29) is 4.65 Å². The van der Waals surface area contributed by atoms with Crippen LogP contribution < -0.4 is 15.8 Å². The van der Waals surface area contributed by atoms with Crippen LogP contribution in [-0.4, -0.2) is 35.6 Å². The fraction of sp³-hybridized carbons (Fsp3) is 0.478. The Morgan fingerprint density at radius 1 is 1.21 bits per heavy atom. The maximum absolute atomic E-state index is 6.09. The number of fused-ring (bicyclic) bond motifs is 3.